The van der Waals surface area contributed by atoms with Gasteiger partial charge in [0.25, 0.3) is 0 Å². The molecule has 0 saturated heterocycles. The number of fused-ring (bicyclic) bond motifs is 3. The van der Waals surface area contributed by atoms with Gasteiger partial charge in [-0.25, -0.2) is 4.98 Å². The van der Waals surface area contributed by atoms with E-state index >= 15 is 0 Å². The Kier molecular flexibility index (Phi) is 3.76. The standard InChI is InChI=1S/C18H18N2O3S/c1-11-10-13-14(23-11)6-7-15-17(13)19-18(24-15)20(2)16(21)8-5-12-4-3-9-22-12/h3-4,9-10H,5-8H2,1-2H3. The van der Waals surface area contributed by atoms with Gasteiger partial charge in [0.15, 0.2) is 5.13 Å². The highest BCUT2D eigenvalue weighted by atomic mass is 32.1. The molecular weight excluding hydrogens is 324 g/mol. The van der Waals surface area contributed by atoms with E-state index in [2.05, 4.69) is 0 Å². The van der Waals surface area contributed by atoms with Crippen LogP contribution in [0.4, 0.5) is 5.13 Å². The Hall–Kier alpha value is -2.34. The van der Waals surface area contributed by atoms with Crippen molar-refractivity contribution in [2.45, 2.75) is 32.6 Å². The molecule has 124 valence electrons. The molecule has 0 fully saturated rings. The van der Waals surface area contributed by atoms with Crippen LogP contribution in [0.3, 0.4) is 0 Å². The van der Waals surface area contributed by atoms with Crippen LogP contribution in [0, 0.1) is 6.92 Å². The van der Waals surface area contributed by atoms with E-state index in [1.54, 1.807) is 29.5 Å². The van der Waals surface area contributed by atoms with Gasteiger partial charge in [-0.2, -0.15) is 0 Å². The lowest BCUT2D eigenvalue weighted by Gasteiger charge is -2.13. The quantitative estimate of drug-likeness (QED) is 0.719. The van der Waals surface area contributed by atoms with Gasteiger partial charge in [0.1, 0.15) is 17.3 Å². The number of furan rings is 2. The Morgan fingerprint density at radius 3 is 3.08 bits per heavy atom. The van der Waals surface area contributed by atoms with Crippen molar-refractivity contribution in [1.82, 2.24) is 4.98 Å². The van der Waals surface area contributed by atoms with E-state index in [0.717, 1.165) is 46.5 Å². The molecule has 1 aliphatic rings. The molecular formula is C18H18N2O3S. The summed E-state index contributed by atoms with van der Waals surface area (Å²) in [4.78, 5) is 20.0. The Balaban J connectivity index is 1.53. The number of hydrogen-bond donors (Lipinski definition) is 0. The maximum absolute atomic E-state index is 12.4. The Bertz CT molecular complexity index is 876. The van der Waals surface area contributed by atoms with Crippen LogP contribution in [-0.2, 0) is 24.1 Å². The molecule has 6 heteroatoms. The number of anilines is 1. The van der Waals surface area contributed by atoms with Gasteiger partial charge >= 0.3 is 0 Å². The predicted molar refractivity (Wildman–Crippen MR) is 92.4 cm³/mol. The van der Waals surface area contributed by atoms with Crippen molar-refractivity contribution in [3.8, 4) is 11.3 Å². The van der Waals surface area contributed by atoms with Crippen LogP contribution >= 0.6 is 11.3 Å². The molecule has 0 atom stereocenters. The topological polar surface area (TPSA) is 59.5 Å². The number of rotatable bonds is 4. The SMILES string of the molecule is Cc1cc2c(o1)CCc1sc(N(C)C(=O)CCc3ccco3)nc1-2. The molecule has 0 spiro atoms. The molecule has 3 aromatic rings. The van der Waals surface area contributed by atoms with Gasteiger partial charge in [0.2, 0.25) is 5.91 Å². The molecule has 5 nitrogen and oxygen atoms in total. The molecule has 1 aliphatic carbocycles. The second-order valence-electron chi connectivity index (χ2n) is 5.99. The number of aryl methyl sites for hydroxylation is 4. The van der Waals surface area contributed by atoms with Crippen molar-refractivity contribution < 1.29 is 13.6 Å². The van der Waals surface area contributed by atoms with Gasteiger partial charge in [-0.1, -0.05) is 0 Å². The average molecular weight is 342 g/mol. The monoisotopic (exact) mass is 342 g/mol. The van der Waals surface area contributed by atoms with Crippen molar-refractivity contribution in [3.63, 3.8) is 0 Å². The number of amides is 1. The average Bonchev–Trinajstić information content (AvgIpc) is 3.29. The van der Waals surface area contributed by atoms with Gasteiger partial charge < -0.3 is 8.83 Å². The van der Waals surface area contributed by atoms with Crippen LogP contribution in [0.1, 0.15) is 28.6 Å². The first-order valence-electron chi connectivity index (χ1n) is 8.00. The molecule has 3 aromatic heterocycles. The Morgan fingerprint density at radius 2 is 2.29 bits per heavy atom. The minimum atomic E-state index is 0.0427. The van der Waals surface area contributed by atoms with Crippen LogP contribution < -0.4 is 4.90 Å². The number of nitrogens with zero attached hydrogens (tertiary/aromatic N) is 2. The van der Waals surface area contributed by atoms with Crippen LogP contribution in [0.15, 0.2) is 33.3 Å². The van der Waals surface area contributed by atoms with Crippen LogP contribution in [0.5, 0.6) is 0 Å². The summed E-state index contributed by atoms with van der Waals surface area (Å²) in [6.45, 7) is 1.95. The lowest BCUT2D eigenvalue weighted by Crippen LogP contribution is -2.26. The van der Waals surface area contributed by atoms with Gasteiger partial charge in [-0.3, -0.25) is 9.69 Å². The fourth-order valence-corrected chi connectivity index (χ4v) is 4.05. The molecule has 0 N–H and O–H groups in total. The van der Waals surface area contributed by atoms with Crippen molar-refractivity contribution in [2.75, 3.05) is 11.9 Å². The van der Waals surface area contributed by atoms with Gasteiger partial charge in [-0.05, 0) is 31.5 Å². The minimum absolute atomic E-state index is 0.0427. The van der Waals surface area contributed by atoms with Crippen LogP contribution in [0.25, 0.3) is 11.3 Å². The summed E-state index contributed by atoms with van der Waals surface area (Å²) in [7, 11) is 1.79. The zero-order valence-electron chi connectivity index (χ0n) is 13.7. The molecule has 0 bridgehead atoms. The number of hydrogen-bond acceptors (Lipinski definition) is 5. The lowest BCUT2D eigenvalue weighted by atomic mass is 10.0. The Morgan fingerprint density at radius 1 is 1.42 bits per heavy atom. The third kappa shape index (κ3) is 2.67. The molecule has 1 amide bonds. The maximum atomic E-state index is 12.4. The summed E-state index contributed by atoms with van der Waals surface area (Å²) < 4.78 is 11.0. The number of aromatic nitrogens is 1. The van der Waals surface area contributed by atoms with Gasteiger partial charge in [0, 0.05) is 36.8 Å². The molecule has 0 unspecified atom stereocenters. The first-order chi connectivity index (χ1) is 11.6. The zero-order valence-corrected chi connectivity index (χ0v) is 14.5. The summed E-state index contributed by atoms with van der Waals surface area (Å²) in [6, 6.07) is 5.76. The first-order valence-corrected chi connectivity index (χ1v) is 8.82. The van der Waals surface area contributed by atoms with Crippen molar-refractivity contribution in [2.24, 2.45) is 0 Å². The third-order valence-corrected chi connectivity index (χ3v) is 5.47. The molecule has 24 heavy (non-hydrogen) atoms. The summed E-state index contributed by atoms with van der Waals surface area (Å²) in [5.41, 5.74) is 2.05. The third-order valence-electron chi connectivity index (χ3n) is 4.28. The largest absolute Gasteiger partial charge is 0.469 e. The van der Waals surface area contributed by atoms with E-state index in [-0.39, 0.29) is 5.91 Å². The van der Waals surface area contributed by atoms with Crippen molar-refractivity contribution in [1.29, 1.82) is 0 Å². The molecule has 3 heterocycles. The van der Waals surface area contributed by atoms with Crippen LogP contribution in [0.2, 0.25) is 0 Å². The number of thiazole rings is 1. The van der Waals surface area contributed by atoms with Crippen molar-refractivity contribution in [3.05, 3.63) is 46.6 Å². The fourth-order valence-electron chi connectivity index (χ4n) is 3.00. The second kappa shape index (κ2) is 5.94. The summed E-state index contributed by atoms with van der Waals surface area (Å²) in [6.07, 6.45) is 4.45. The summed E-state index contributed by atoms with van der Waals surface area (Å²) in [5.74, 6) is 2.78. The van der Waals surface area contributed by atoms with Crippen LogP contribution in [-0.4, -0.2) is 17.9 Å². The minimum Gasteiger partial charge on any atom is -0.469 e. The molecule has 0 aromatic carbocycles. The predicted octanol–water partition coefficient (Wildman–Crippen LogP) is 4.00. The Labute approximate surface area is 143 Å². The highest BCUT2D eigenvalue weighted by Crippen LogP contribution is 2.40. The van der Waals surface area contributed by atoms with Gasteiger partial charge in [-0.15, -0.1) is 11.3 Å². The summed E-state index contributed by atoms with van der Waals surface area (Å²) >= 11 is 1.60. The zero-order chi connectivity index (χ0) is 16.7. The van der Waals surface area contributed by atoms with E-state index in [9.17, 15) is 4.79 Å². The number of carbonyl (C=O) groups excluding carboxylic acids is 1. The number of carbonyl (C=O) groups is 1. The van der Waals surface area contributed by atoms with E-state index in [1.807, 2.05) is 25.1 Å². The first kappa shape index (κ1) is 15.2. The highest BCUT2D eigenvalue weighted by molar-refractivity contribution is 7.16. The van der Waals surface area contributed by atoms with E-state index < -0.39 is 0 Å². The normalized spacial score (nSPS) is 12.8. The highest BCUT2D eigenvalue weighted by Gasteiger charge is 2.26. The summed E-state index contributed by atoms with van der Waals surface area (Å²) in [5, 5.41) is 0.746. The maximum Gasteiger partial charge on any atom is 0.228 e. The second-order valence-corrected chi connectivity index (χ2v) is 7.06. The molecule has 0 aliphatic heterocycles. The smallest absolute Gasteiger partial charge is 0.228 e. The van der Waals surface area contributed by atoms with E-state index in [4.69, 9.17) is 13.8 Å². The fraction of sp³-hybridized carbons (Fsp3) is 0.333. The van der Waals surface area contributed by atoms with E-state index in [0.29, 0.717) is 12.8 Å². The van der Waals surface area contributed by atoms with E-state index in [1.165, 1.54) is 4.88 Å². The molecule has 4 rings (SSSR count). The molecule has 0 radical (unpaired) electrons. The van der Waals surface area contributed by atoms with Crippen molar-refractivity contribution >= 4 is 22.4 Å². The lowest BCUT2D eigenvalue weighted by molar-refractivity contribution is -0.118. The van der Waals surface area contributed by atoms with Gasteiger partial charge in [0.05, 0.1) is 12.0 Å². The molecule has 0 saturated carbocycles.